The Labute approximate surface area is 129 Å². The lowest BCUT2D eigenvalue weighted by molar-refractivity contribution is 0.0921. The van der Waals surface area contributed by atoms with Crippen molar-refractivity contribution in [2.45, 2.75) is 53.2 Å². The average molecular weight is 317 g/mol. The van der Waals surface area contributed by atoms with E-state index in [1.54, 1.807) is 6.92 Å². The number of halogens is 2. The first-order valence-corrected chi connectivity index (χ1v) is 7.52. The van der Waals surface area contributed by atoms with Gasteiger partial charge < -0.3 is 10.4 Å². The fourth-order valence-corrected chi connectivity index (χ4v) is 2.26. The van der Waals surface area contributed by atoms with Crippen LogP contribution in [0.5, 0.6) is 0 Å². The van der Waals surface area contributed by atoms with E-state index in [1.807, 2.05) is 20.8 Å². The van der Waals surface area contributed by atoms with Crippen LogP contribution in [0.15, 0.2) is 6.20 Å². The highest BCUT2D eigenvalue weighted by atomic mass is 19.3. The molecule has 0 saturated carbocycles. The first-order chi connectivity index (χ1) is 10.2. The van der Waals surface area contributed by atoms with Crippen LogP contribution >= 0.6 is 0 Å². The summed E-state index contributed by atoms with van der Waals surface area (Å²) in [5.41, 5.74) is -0.568. The lowest BCUT2D eigenvalue weighted by Gasteiger charge is -2.13. The lowest BCUT2D eigenvalue weighted by atomic mass is 10.0. The van der Waals surface area contributed by atoms with E-state index in [2.05, 4.69) is 10.4 Å². The lowest BCUT2D eigenvalue weighted by Crippen LogP contribution is -2.30. The molecule has 5 nitrogen and oxygen atoms in total. The molecule has 0 saturated heterocycles. The molecule has 2 unspecified atom stereocenters. The van der Waals surface area contributed by atoms with Crippen molar-refractivity contribution in [2.75, 3.05) is 6.54 Å². The summed E-state index contributed by atoms with van der Waals surface area (Å²) < 4.78 is 27.5. The van der Waals surface area contributed by atoms with Crippen LogP contribution in [0.1, 0.15) is 56.6 Å². The van der Waals surface area contributed by atoms with Crippen LogP contribution in [0.25, 0.3) is 0 Å². The number of hydrogen-bond acceptors (Lipinski definition) is 3. The number of carbonyl (C=O) groups excluding carboxylic acids is 1. The average Bonchev–Trinajstić information content (AvgIpc) is 2.78. The van der Waals surface area contributed by atoms with Gasteiger partial charge in [0.05, 0.1) is 11.7 Å². The van der Waals surface area contributed by atoms with Gasteiger partial charge in [0.25, 0.3) is 12.3 Å². The van der Waals surface area contributed by atoms with Gasteiger partial charge >= 0.3 is 0 Å². The topological polar surface area (TPSA) is 67.2 Å². The molecule has 22 heavy (non-hydrogen) atoms. The second-order valence-electron chi connectivity index (χ2n) is 6.25. The molecule has 0 spiro atoms. The van der Waals surface area contributed by atoms with Crippen molar-refractivity contribution in [3.63, 3.8) is 0 Å². The van der Waals surface area contributed by atoms with Crippen molar-refractivity contribution in [3.05, 3.63) is 17.5 Å². The van der Waals surface area contributed by atoms with Gasteiger partial charge in [0, 0.05) is 19.3 Å². The van der Waals surface area contributed by atoms with Gasteiger partial charge in [-0.1, -0.05) is 20.8 Å². The number of hydrogen-bond donors (Lipinski definition) is 2. The maximum atomic E-state index is 13.0. The molecule has 1 amide bonds. The van der Waals surface area contributed by atoms with Gasteiger partial charge in [-0.15, -0.1) is 0 Å². The fraction of sp³-hybridized carbons (Fsp3) is 0.733. The van der Waals surface area contributed by atoms with E-state index < -0.39 is 18.4 Å². The molecule has 7 heteroatoms. The molecule has 0 aliphatic carbocycles. The smallest absolute Gasteiger partial charge is 0.272 e. The minimum absolute atomic E-state index is 0.0525. The zero-order valence-electron chi connectivity index (χ0n) is 13.5. The summed E-state index contributed by atoms with van der Waals surface area (Å²) in [6, 6.07) is 0. The van der Waals surface area contributed by atoms with Crippen molar-refractivity contribution in [3.8, 4) is 0 Å². The molecule has 1 aromatic rings. The van der Waals surface area contributed by atoms with E-state index in [0.29, 0.717) is 19.5 Å². The summed E-state index contributed by atoms with van der Waals surface area (Å²) in [4.78, 5) is 12.1. The summed E-state index contributed by atoms with van der Waals surface area (Å²) in [6.07, 6.45) is -1.44. The Hall–Kier alpha value is -1.50. The van der Waals surface area contributed by atoms with Crippen LogP contribution in [-0.4, -0.2) is 33.4 Å². The van der Waals surface area contributed by atoms with Gasteiger partial charge in [-0.05, 0) is 25.2 Å². The quantitative estimate of drug-likeness (QED) is 0.774. The number of nitrogens with zero attached hydrogens (tertiary/aromatic N) is 2. The van der Waals surface area contributed by atoms with Crippen LogP contribution in [0, 0.1) is 11.8 Å². The molecule has 2 N–H and O–H groups in total. The normalized spacial score (nSPS) is 14.4. The van der Waals surface area contributed by atoms with Crippen molar-refractivity contribution in [1.82, 2.24) is 15.1 Å². The third kappa shape index (κ3) is 5.71. The van der Waals surface area contributed by atoms with E-state index >= 15 is 0 Å². The highest BCUT2D eigenvalue weighted by molar-refractivity contribution is 5.93. The molecular formula is C15H25F2N3O2. The van der Waals surface area contributed by atoms with Crippen molar-refractivity contribution >= 4 is 5.91 Å². The minimum Gasteiger partial charge on any atom is -0.393 e. The minimum atomic E-state index is -2.74. The Kier molecular flexibility index (Phi) is 6.93. The third-order valence-corrected chi connectivity index (χ3v) is 3.15. The fourth-order valence-electron chi connectivity index (χ4n) is 2.26. The molecular weight excluding hydrogens is 292 g/mol. The van der Waals surface area contributed by atoms with E-state index in [1.165, 1.54) is 10.9 Å². The first-order valence-electron chi connectivity index (χ1n) is 7.52. The Balaban J connectivity index is 2.76. The summed E-state index contributed by atoms with van der Waals surface area (Å²) in [5, 5.41) is 15.9. The van der Waals surface area contributed by atoms with Crippen LogP contribution in [-0.2, 0) is 6.54 Å². The number of aliphatic hydroxyl groups is 1. The van der Waals surface area contributed by atoms with E-state index in [9.17, 15) is 18.7 Å². The molecule has 0 aromatic carbocycles. The van der Waals surface area contributed by atoms with Crippen molar-refractivity contribution in [1.29, 1.82) is 0 Å². The van der Waals surface area contributed by atoms with Gasteiger partial charge in [-0.3, -0.25) is 9.48 Å². The standard InChI is InChI=1S/C15H25F2N3O2/c1-9(2)7-20-8-12(14(16)17)13(19-20)15(22)18-6-10(3)5-11(4)21/h8-11,14,21H,5-7H2,1-4H3,(H,18,22). The van der Waals surface area contributed by atoms with Gasteiger partial charge in [-0.25, -0.2) is 8.78 Å². The first kappa shape index (κ1) is 18.5. The molecule has 126 valence electrons. The predicted molar refractivity (Wildman–Crippen MR) is 79.8 cm³/mol. The molecule has 0 aliphatic rings. The third-order valence-electron chi connectivity index (χ3n) is 3.15. The number of amides is 1. The number of aromatic nitrogens is 2. The van der Waals surface area contributed by atoms with Crippen molar-refractivity contribution < 1.29 is 18.7 Å². The maximum Gasteiger partial charge on any atom is 0.272 e. The molecule has 0 radical (unpaired) electrons. The van der Waals surface area contributed by atoms with Crippen LogP contribution in [0.2, 0.25) is 0 Å². The van der Waals surface area contributed by atoms with Crippen LogP contribution in [0.4, 0.5) is 8.78 Å². The zero-order chi connectivity index (χ0) is 16.9. The highest BCUT2D eigenvalue weighted by Crippen LogP contribution is 2.22. The Bertz CT molecular complexity index is 487. The molecule has 1 rings (SSSR count). The Morgan fingerprint density at radius 3 is 2.50 bits per heavy atom. The monoisotopic (exact) mass is 317 g/mol. The van der Waals surface area contributed by atoms with Crippen molar-refractivity contribution in [2.24, 2.45) is 11.8 Å². The van der Waals surface area contributed by atoms with Crippen LogP contribution in [0.3, 0.4) is 0 Å². The second kappa shape index (κ2) is 8.22. The van der Waals surface area contributed by atoms with Gasteiger partial charge in [-0.2, -0.15) is 5.10 Å². The number of alkyl halides is 2. The maximum absolute atomic E-state index is 13.0. The van der Waals surface area contributed by atoms with Gasteiger partial charge in [0.15, 0.2) is 5.69 Å². The Morgan fingerprint density at radius 2 is 2.00 bits per heavy atom. The summed E-state index contributed by atoms with van der Waals surface area (Å²) in [6.45, 7) is 8.22. The SMILES string of the molecule is CC(C)Cn1cc(C(F)F)c(C(=O)NCC(C)CC(C)O)n1. The van der Waals surface area contributed by atoms with Crippen LogP contribution < -0.4 is 5.32 Å². The van der Waals surface area contributed by atoms with E-state index in [4.69, 9.17) is 0 Å². The molecule has 2 atom stereocenters. The Morgan fingerprint density at radius 1 is 1.36 bits per heavy atom. The zero-order valence-corrected chi connectivity index (χ0v) is 13.5. The van der Waals surface area contributed by atoms with Gasteiger partial charge in [0.1, 0.15) is 0 Å². The molecule has 1 heterocycles. The summed E-state index contributed by atoms with van der Waals surface area (Å²) in [5.74, 6) is -0.306. The van der Waals surface area contributed by atoms with E-state index in [-0.39, 0.29) is 23.1 Å². The number of rotatable bonds is 8. The number of carbonyl (C=O) groups is 1. The molecule has 0 bridgehead atoms. The van der Waals surface area contributed by atoms with Gasteiger partial charge in [0.2, 0.25) is 0 Å². The number of nitrogens with one attached hydrogen (secondary N) is 1. The predicted octanol–water partition coefficient (Wildman–Crippen LogP) is 2.61. The molecule has 0 fully saturated rings. The molecule has 0 aliphatic heterocycles. The second-order valence-corrected chi connectivity index (χ2v) is 6.25. The summed E-state index contributed by atoms with van der Waals surface area (Å²) in [7, 11) is 0. The number of aliphatic hydroxyl groups excluding tert-OH is 1. The van der Waals surface area contributed by atoms with E-state index in [0.717, 1.165) is 0 Å². The highest BCUT2D eigenvalue weighted by Gasteiger charge is 2.23. The summed E-state index contributed by atoms with van der Waals surface area (Å²) >= 11 is 0. The molecule has 1 aromatic heterocycles. The largest absolute Gasteiger partial charge is 0.393 e.